The van der Waals surface area contributed by atoms with Crippen LogP contribution in [0.5, 0.6) is 5.75 Å². The van der Waals surface area contributed by atoms with Crippen molar-refractivity contribution in [1.29, 1.82) is 0 Å². The molecule has 0 aliphatic rings. The minimum atomic E-state index is -2.86. The molecule has 0 spiro atoms. The minimum Gasteiger partial charge on any atom is -0.464 e. The predicted molar refractivity (Wildman–Crippen MR) is 79.6 cm³/mol. The fraction of sp³-hybridized carbons (Fsp3) is 0.333. The van der Waals surface area contributed by atoms with E-state index in [2.05, 4.69) is 10.1 Å². The van der Waals surface area contributed by atoms with Crippen LogP contribution in [0.4, 0.5) is 17.6 Å². The van der Waals surface area contributed by atoms with Crippen LogP contribution in [0, 0.1) is 0 Å². The molecule has 1 N–H and O–H groups in total. The van der Waals surface area contributed by atoms with Gasteiger partial charge in [0.15, 0.2) is 0 Å². The summed E-state index contributed by atoms with van der Waals surface area (Å²) in [4.78, 5) is 0. The molecule has 1 heterocycles. The van der Waals surface area contributed by atoms with E-state index in [0.29, 0.717) is 36.4 Å². The quantitative estimate of drug-likeness (QED) is 0.670. The molecule has 0 saturated heterocycles. The maximum Gasteiger partial charge on any atom is 0.387 e. The van der Waals surface area contributed by atoms with E-state index < -0.39 is 12.4 Å². The number of nitrogens with one attached hydrogen (secondary N) is 1. The molecule has 1 aromatic heterocycles. The second kappa shape index (κ2) is 8.83. The van der Waals surface area contributed by atoms with Gasteiger partial charge in [0.25, 0.3) is 5.76 Å². The molecule has 0 atom stereocenters. The highest BCUT2D eigenvalue weighted by atomic mass is 32.2. The molecule has 2 aromatic rings. The summed E-state index contributed by atoms with van der Waals surface area (Å²) in [5, 5.41) is 3.08. The van der Waals surface area contributed by atoms with Gasteiger partial charge in [0.2, 0.25) is 0 Å². The molecule has 2 rings (SSSR count). The lowest BCUT2D eigenvalue weighted by Crippen LogP contribution is -2.12. The Bertz CT molecular complexity index is 607. The lowest BCUT2D eigenvalue weighted by Gasteiger charge is -2.07. The first-order valence-electron chi connectivity index (χ1n) is 6.75. The van der Waals surface area contributed by atoms with Gasteiger partial charge in [-0.2, -0.15) is 17.6 Å². The first kappa shape index (κ1) is 17.7. The van der Waals surface area contributed by atoms with E-state index in [1.165, 1.54) is 12.1 Å². The fourth-order valence-electron chi connectivity index (χ4n) is 1.90. The van der Waals surface area contributed by atoms with Crippen LogP contribution in [0.1, 0.15) is 17.1 Å². The molecule has 0 unspecified atom stereocenters. The molecule has 0 aliphatic carbocycles. The predicted octanol–water partition coefficient (Wildman–Crippen LogP) is 4.63. The molecule has 0 amide bonds. The average molecular weight is 349 g/mol. The topological polar surface area (TPSA) is 34.4 Å². The third-order valence-electron chi connectivity index (χ3n) is 2.82. The monoisotopic (exact) mass is 349 g/mol. The lowest BCUT2D eigenvalue weighted by atomic mass is 10.2. The molecule has 0 aliphatic heterocycles. The Morgan fingerprint density at radius 3 is 2.57 bits per heavy atom. The molecule has 0 bridgehead atoms. The molecular weight excluding hydrogens is 334 g/mol. The number of hydrogen-bond donors (Lipinski definition) is 1. The standard InChI is InChI=1S/C15H15F4NO2S/c16-14(17)22-11-3-1-2-10(6-11)7-20-8-12-4-5-13(21-12)9-23-15(18)19/h1-6,14-15,20H,7-9H2. The van der Waals surface area contributed by atoms with E-state index in [4.69, 9.17) is 4.42 Å². The zero-order chi connectivity index (χ0) is 16.7. The highest BCUT2D eigenvalue weighted by molar-refractivity contribution is 7.98. The van der Waals surface area contributed by atoms with Gasteiger partial charge in [-0.1, -0.05) is 23.9 Å². The Kier molecular flexibility index (Phi) is 6.79. The Morgan fingerprint density at radius 1 is 1.04 bits per heavy atom. The largest absolute Gasteiger partial charge is 0.464 e. The summed E-state index contributed by atoms with van der Waals surface area (Å²) < 4.78 is 58.2. The first-order valence-corrected chi connectivity index (χ1v) is 7.79. The van der Waals surface area contributed by atoms with Gasteiger partial charge in [-0.3, -0.25) is 0 Å². The van der Waals surface area contributed by atoms with Crippen molar-refractivity contribution in [3.05, 3.63) is 53.5 Å². The fourth-order valence-corrected chi connectivity index (χ4v) is 2.35. The highest BCUT2D eigenvalue weighted by Crippen LogP contribution is 2.21. The van der Waals surface area contributed by atoms with Crippen LogP contribution in [0.15, 0.2) is 40.8 Å². The Labute approximate surface area is 135 Å². The number of hydrogen-bond acceptors (Lipinski definition) is 4. The number of furan rings is 1. The second-order valence-electron chi connectivity index (χ2n) is 4.57. The summed E-state index contributed by atoms with van der Waals surface area (Å²) in [5.41, 5.74) is 0.781. The smallest absolute Gasteiger partial charge is 0.387 e. The summed E-state index contributed by atoms with van der Waals surface area (Å²) in [6, 6.07) is 9.74. The third kappa shape index (κ3) is 6.54. The van der Waals surface area contributed by atoms with Gasteiger partial charge in [0, 0.05) is 6.54 Å². The summed E-state index contributed by atoms with van der Waals surface area (Å²) in [6.07, 6.45) is 0. The summed E-state index contributed by atoms with van der Waals surface area (Å²) in [5.74, 6) is -1.10. The summed E-state index contributed by atoms with van der Waals surface area (Å²) in [6.45, 7) is -2.02. The van der Waals surface area contributed by atoms with Crippen molar-refractivity contribution in [3.63, 3.8) is 0 Å². The molecule has 1 aromatic carbocycles. The Morgan fingerprint density at radius 2 is 1.83 bits per heavy atom. The maximum atomic E-state index is 12.1. The molecule has 23 heavy (non-hydrogen) atoms. The van der Waals surface area contributed by atoms with Crippen LogP contribution in [0.25, 0.3) is 0 Å². The third-order valence-corrected chi connectivity index (χ3v) is 3.52. The van der Waals surface area contributed by atoms with Crippen molar-refractivity contribution in [2.24, 2.45) is 0 Å². The van der Waals surface area contributed by atoms with Gasteiger partial charge < -0.3 is 14.5 Å². The van der Waals surface area contributed by atoms with Gasteiger partial charge in [-0.25, -0.2) is 0 Å². The second-order valence-corrected chi connectivity index (χ2v) is 5.55. The van der Waals surface area contributed by atoms with Crippen LogP contribution >= 0.6 is 11.8 Å². The normalized spacial score (nSPS) is 11.4. The van der Waals surface area contributed by atoms with Crippen LogP contribution in [0.2, 0.25) is 0 Å². The van der Waals surface area contributed by atoms with Crippen molar-refractivity contribution in [1.82, 2.24) is 5.32 Å². The Hall–Kier alpha value is -1.67. The van der Waals surface area contributed by atoms with Crippen LogP contribution in [0.3, 0.4) is 0 Å². The molecule has 126 valence electrons. The van der Waals surface area contributed by atoms with Gasteiger partial charge in [-0.05, 0) is 29.8 Å². The number of thioether (sulfide) groups is 1. The van der Waals surface area contributed by atoms with Gasteiger partial charge in [0.05, 0.1) is 12.3 Å². The van der Waals surface area contributed by atoms with Crippen molar-refractivity contribution < 1.29 is 26.7 Å². The Balaban J connectivity index is 1.78. The molecule has 8 heteroatoms. The number of benzene rings is 1. The van der Waals surface area contributed by atoms with Crippen molar-refractivity contribution in [3.8, 4) is 5.75 Å². The zero-order valence-corrected chi connectivity index (χ0v) is 12.8. The van der Waals surface area contributed by atoms with Crippen molar-refractivity contribution in [2.75, 3.05) is 0 Å². The van der Waals surface area contributed by atoms with E-state index >= 15 is 0 Å². The average Bonchev–Trinajstić information content (AvgIpc) is 2.93. The van der Waals surface area contributed by atoms with Crippen molar-refractivity contribution >= 4 is 11.8 Å². The van der Waals surface area contributed by atoms with E-state index in [0.717, 1.165) is 5.56 Å². The van der Waals surface area contributed by atoms with Gasteiger partial charge in [-0.15, -0.1) is 0 Å². The molecule has 3 nitrogen and oxygen atoms in total. The van der Waals surface area contributed by atoms with Gasteiger partial charge >= 0.3 is 6.61 Å². The number of alkyl halides is 4. The van der Waals surface area contributed by atoms with E-state index in [9.17, 15) is 17.6 Å². The number of halogens is 4. The first-order chi connectivity index (χ1) is 11.0. The van der Waals surface area contributed by atoms with Crippen molar-refractivity contribution in [2.45, 2.75) is 31.2 Å². The van der Waals surface area contributed by atoms with Crippen LogP contribution in [-0.2, 0) is 18.8 Å². The van der Waals surface area contributed by atoms with Crippen LogP contribution in [-0.4, -0.2) is 12.4 Å². The number of rotatable bonds is 9. The minimum absolute atomic E-state index is 0.101. The zero-order valence-electron chi connectivity index (χ0n) is 12.0. The molecular formula is C15H15F4NO2S. The van der Waals surface area contributed by atoms with Crippen LogP contribution < -0.4 is 10.1 Å². The maximum absolute atomic E-state index is 12.1. The van der Waals surface area contributed by atoms with E-state index in [1.807, 2.05) is 0 Å². The SMILES string of the molecule is FC(F)Oc1cccc(CNCc2ccc(CSC(F)F)o2)c1. The number of ether oxygens (including phenoxy) is 1. The molecule has 0 saturated carbocycles. The molecule has 0 radical (unpaired) electrons. The highest BCUT2D eigenvalue weighted by Gasteiger charge is 2.08. The van der Waals surface area contributed by atoms with E-state index in [-0.39, 0.29) is 11.5 Å². The van der Waals surface area contributed by atoms with Gasteiger partial charge in [0.1, 0.15) is 17.3 Å². The summed E-state index contributed by atoms with van der Waals surface area (Å²) in [7, 11) is 0. The lowest BCUT2D eigenvalue weighted by molar-refractivity contribution is -0.0498. The van der Waals surface area contributed by atoms with E-state index in [1.54, 1.807) is 24.3 Å². The molecule has 0 fully saturated rings. The summed E-state index contributed by atoms with van der Waals surface area (Å²) >= 11 is 0.502.